The van der Waals surface area contributed by atoms with E-state index < -0.39 is 0 Å². The number of nitrogen functional groups attached to an aromatic ring is 1. The van der Waals surface area contributed by atoms with E-state index in [0.717, 1.165) is 40.0 Å². The first-order chi connectivity index (χ1) is 10.0. The molecule has 3 N–H and O–H groups in total. The Hall–Kier alpha value is -1.66. The molecule has 0 bridgehead atoms. The van der Waals surface area contributed by atoms with Crippen LogP contribution < -0.4 is 16.0 Å². The van der Waals surface area contributed by atoms with Gasteiger partial charge in [-0.15, -0.1) is 0 Å². The van der Waals surface area contributed by atoms with Crippen LogP contribution in [0.3, 0.4) is 0 Å². The standard InChI is InChI=1S/C15H19BrN4O/c1-4-5-13-18-14(20-17)10(3)15(19-13)21-12-8-11(16)7-6-9(12)2/h6-8H,4-5,17H2,1-3H3,(H,18,19,20). The van der Waals surface area contributed by atoms with Crippen LogP contribution in [0, 0.1) is 13.8 Å². The molecule has 0 fully saturated rings. The summed E-state index contributed by atoms with van der Waals surface area (Å²) in [6, 6.07) is 5.89. The molecule has 1 aromatic heterocycles. The molecule has 0 saturated carbocycles. The van der Waals surface area contributed by atoms with E-state index in [1.54, 1.807) is 0 Å². The summed E-state index contributed by atoms with van der Waals surface area (Å²) in [5.41, 5.74) is 4.43. The highest BCUT2D eigenvalue weighted by molar-refractivity contribution is 9.10. The number of ether oxygens (including phenoxy) is 1. The van der Waals surface area contributed by atoms with Crippen molar-refractivity contribution in [2.45, 2.75) is 33.6 Å². The zero-order valence-electron chi connectivity index (χ0n) is 12.4. The molecule has 5 nitrogen and oxygen atoms in total. The summed E-state index contributed by atoms with van der Waals surface area (Å²) in [4.78, 5) is 8.88. The van der Waals surface area contributed by atoms with Crippen molar-refractivity contribution in [2.24, 2.45) is 5.84 Å². The fraction of sp³-hybridized carbons (Fsp3) is 0.333. The van der Waals surface area contributed by atoms with Gasteiger partial charge in [0, 0.05) is 10.9 Å². The molecule has 0 aliphatic heterocycles. The molecule has 1 aromatic carbocycles. The maximum absolute atomic E-state index is 5.97. The molecule has 0 atom stereocenters. The van der Waals surface area contributed by atoms with Gasteiger partial charge in [-0.1, -0.05) is 28.9 Å². The molecule has 0 spiro atoms. The minimum Gasteiger partial charge on any atom is -0.438 e. The summed E-state index contributed by atoms with van der Waals surface area (Å²) >= 11 is 3.45. The van der Waals surface area contributed by atoms with Gasteiger partial charge in [0.15, 0.2) is 0 Å². The lowest BCUT2D eigenvalue weighted by molar-refractivity contribution is 0.451. The van der Waals surface area contributed by atoms with Crippen molar-refractivity contribution in [1.82, 2.24) is 9.97 Å². The smallest absolute Gasteiger partial charge is 0.227 e. The second-order valence-corrected chi connectivity index (χ2v) is 5.74. The number of hydrogen-bond donors (Lipinski definition) is 2. The Kier molecular flexibility index (Phi) is 5.14. The van der Waals surface area contributed by atoms with Gasteiger partial charge in [0.05, 0.1) is 5.56 Å². The molecule has 0 saturated heterocycles. The van der Waals surface area contributed by atoms with E-state index in [0.29, 0.717) is 11.7 Å². The molecule has 2 aromatic rings. The number of halogens is 1. The Morgan fingerprint density at radius 2 is 2.05 bits per heavy atom. The van der Waals surface area contributed by atoms with Gasteiger partial charge in [0.1, 0.15) is 17.4 Å². The van der Waals surface area contributed by atoms with Gasteiger partial charge in [-0.05, 0) is 38.0 Å². The Balaban J connectivity index is 2.42. The lowest BCUT2D eigenvalue weighted by atomic mass is 10.2. The highest BCUT2D eigenvalue weighted by Crippen LogP contribution is 2.30. The number of aromatic nitrogens is 2. The summed E-state index contributed by atoms with van der Waals surface area (Å²) in [7, 11) is 0. The van der Waals surface area contributed by atoms with Crippen molar-refractivity contribution >= 4 is 21.7 Å². The molecular weight excluding hydrogens is 332 g/mol. The van der Waals surface area contributed by atoms with Gasteiger partial charge in [0.2, 0.25) is 5.88 Å². The van der Waals surface area contributed by atoms with Gasteiger partial charge < -0.3 is 10.2 Å². The summed E-state index contributed by atoms with van der Waals surface area (Å²) in [6.07, 6.45) is 1.74. The average Bonchev–Trinajstić information content (AvgIpc) is 2.46. The zero-order valence-corrected chi connectivity index (χ0v) is 14.0. The molecule has 0 unspecified atom stereocenters. The van der Waals surface area contributed by atoms with Crippen LogP contribution >= 0.6 is 15.9 Å². The SMILES string of the molecule is CCCc1nc(NN)c(C)c(Oc2cc(Br)ccc2C)n1. The molecule has 21 heavy (non-hydrogen) atoms. The van der Waals surface area contributed by atoms with Crippen molar-refractivity contribution in [3.8, 4) is 11.6 Å². The predicted octanol–water partition coefficient (Wildman–Crippen LogP) is 3.89. The molecule has 0 aliphatic carbocycles. The first-order valence-corrected chi connectivity index (χ1v) is 7.62. The topological polar surface area (TPSA) is 73.1 Å². The monoisotopic (exact) mass is 350 g/mol. The van der Waals surface area contributed by atoms with E-state index in [1.165, 1.54) is 0 Å². The van der Waals surface area contributed by atoms with Crippen molar-refractivity contribution < 1.29 is 4.74 Å². The number of anilines is 1. The number of nitrogens with zero attached hydrogens (tertiary/aromatic N) is 2. The van der Waals surface area contributed by atoms with Crippen molar-refractivity contribution in [3.05, 3.63) is 39.6 Å². The van der Waals surface area contributed by atoms with Crippen LogP contribution in [0.4, 0.5) is 5.82 Å². The van der Waals surface area contributed by atoms with Crippen LogP contribution in [0.25, 0.3) is 0 Å². The van der Waals surface area contributed by atoms with Crippen LogP contribution in [0.1, 0.15) is 30.3 Å². The molecule has 0 aliphatic rings. The first kappa shape index (κ1) is 15.7. The second kappa shape index (κ2) is 6.87. The summed E-state index contributed by atoms with van der Waals surface area (Å²) in [5, 5.41) is 0. The van der Waals surface area contributed by atoms with E-state index in [9.17, 15) is 0 Å². The van der Waals surface area contributed by atoms with Crippen molar-refractivity contribution in [1.29, 1.82) is 0 Å². The third-order valence-electron chi connectivity index (χ3n) is 3.11. The normalized spacial score (nSPS) is 10.5. The fourth-order valence-electron chi connectivity index (χ4n) is 1.90. The van der Waals surface area contributed by atoms with Gasteiger partial charge in [0.25, 0.3) is 0 Å². The van der Waals surface area contributed by atoms with E-state index in [-0.39, 0.29) is 0 Å². The molecular formula is C15H19BrN4O. The number of rotatable bonds is 5. The van der Waals surface area contributed by atoms with E-state index in [1.807, 2.05) is 32.0 Å². The molecule has 6 heteroatoms. The predicted molar refractivity (Wildman–Crippen MR) is 87.5 cm³/mol. The highest BCUT2D eigenvalue weighted by Gasteiger charge is 2.13. The van der Waals surface area contributed by atoms with Gasteiger partial charge in [-0.3, -0.25) is 0 Å². The van der Waals surface area contributed by atoms with Crippen LogP contribution in [-0.4, -0.2) is 9.97 Å². The molecule has 2 rings (SSSR count). The molecule has 0 radical (unpaired) electrons. The highest BCUT2D eigenvalue weighted by atomic mass is 79.9. The first-order valence-electron chi connectivity index (χ1n) is 6.83. The molecule has 0 amide bonds. The third-order valence-corrected chi connectivity index (χ3v) is 3.61. The fourth-order valence-corrected chi connectivity index (χ4v) is 2.24. The number of nitrogens with two attached hydrogens (primary N) is 1. The van der Waals surface area contributed by atoms with E-state index in [2.05, 4.69) is 38.2 Å². The minimum absolute atomic E-state index is 0.530. The van der Waals surface area contributed by atoms with Gasteiger partial charge >= 0.3 is 0 Å². The number of hydrogen-bond acceptors (Lipinski definition) is 5. The van der Waals surface area contributed by atoms with E-state index >= 15 is 0 Å². The van der Waals surface area contributed by atoms with Crippen molar-refractivity contribution in [3.63, 3.8) is 0 Å². The van der Waals surface area contributed by atoms with E-state index in [4.69, 9.17) is 10.6 Å². The van der Waals surface area contributed by atoms with Crippen LogP contribution in [0.5, 0.6) is 11.6 Å². The Morgan fingerprint density at radius 1 is 1.29 bits per heavy atom. The summed E-state index contributed by atoms with van der Waals surface area (Å²) in [6.45, 7) is 5.96. The minimum atomic E-state index is 0.530. The van der Waals surface area contributed by atoms with Crippen LogP contribution in [-0.2, 0) is 6.42 Å². The molecule has 1 heterocycles. The zero-order chi connectivity index (χ0) is 15.4. The lowest BCUT2D eigenvalue weighted by Crippen LogP contribution is -2.13. The van der Waals surface area contributed by atoms with Crippen molar-refractivity contribution in [2.75, 3.05) is 5.43 Å². The van der Waals surface area contributed by atoms with Gasteiger partial charge in [-0.25, -0.2) is 10.8 Å². The Bertz CT molecular complexity index is 646. The Labute approximate surface area is 133 Å². The summed E-state index contributed by atoms with van der Waals surface area (Å²) in [5.74, 6) is 8.13. The number of aryl methyl sites for hydroxylation is 2. The maximum atomic E-state index is 5.97. The summed E-state index contributed by atoms with van der Waals surface area (Å²) < 4.78 is 6.93. The quantitative estimate of drug-likeness (QED) is 0.632. The average molecular weight is 351 g/mol. The number of benzene rings is 1. The van der Waals surface area contributed by atoms with Crippen LogP contribution in [0.2, 0.25) is 0 Å². The largest absolute Gasteiger partial charge is 0.438 e. The number of nitrogens with one attached hydrogen (secondary N) is 1. The lowest BCUT2D eigenvalue weighted by Gasteiger charge is -2.14. The molecule has 112 valence electrons. The third kappa shape index (κ3) is 3.71. The second-order valence-electron chi connectivity index (χ2n) is 4.82. The number of hydrazine groups is 1. The maximum Gasteiger partial charge on any atom is 0.227 e. The van der Waals surface area contributed by atoms with Gasteiger partial charge in [-0.2, -0.15) is 4.98 Å². The van der Waals surface area contributed by atoms with Crippen LogP contribution in [0.15, 0.2) is 22.7 Å². The Morgan fingerprint density at radius 3 is 2.71 bits per heavy atom.